The van der Waals surface area contributed by atoms with Crippen LogP contribution in [0, 0.1) is 0 Å². The molecule has 0 saturated carbocycles. The van der Waals surface area contributed by atoms with Crippen LogP contribution in [0.2, 0.25) is 0 Å². The molecule has 2 unspecified atom stereocenters. The molecule has 0 rings (SSSR count). The Morgan fingerprint density at radius 3 is 1.10 bits per heavy atom. The predicted octanol–water partition coefficient (Wildman–Crippen LogP) is 19.7. The number of phosphoric acid groups is 1. The molecule has 0 saturated heterocycles. The first-order chi connectivity index (χ1) is 35.8. The summed E-state index contributed by atoms with van der Waals surface area (Å²) >= 11 is 0. The fourth-order valence-corrected chi connectivity index (χ4v) is 9.82. The van der Waals surface area contributed by atoms with Gasteiger partial charge in [0, 0.05) is 19.4 Å². The van der Waals surface area contributed by atoms with Gasteiger partial charge in [-0.25, -0.2) is 4.57 Å². The maximum absolute atomic E-state index is 12.7. The smallest absolute Gasteiger partial charge is 0.462 e. The van der Waals surface area contributed by atoms with Crippen molar-refractivity contribution < 1.29 is 37.6 Å². The zero-order valence-electron chi connectivity index (χ0n) is 47.9. The van der Waals surface area contributed by atoms with Gasteiger partial charge in [-0.1, -0.05) is 268 Å². The lowest BCUT2D eigenvalue weighted by Gasteiger charge is -2.19. The summed E-state index contributed by atoms with van der Waals surface area (Å²) in [7, 11) is -4.39. The molecule has 3 N–H and O–H groups in total. The first-order valence-electron chi connectivity index (χ1n) is 31.1. The number of phosphoric ester groups is 1. The minimum absolute atomic E-state index is 0.0511. The number of ether oxygens (including phenoxy) is 2. The maximum Gasteiger partial charge on any atom is 0.472 e. The van der Waals surface area contributed by atoms with Crippen LogP contribution in [-0.4, -0.2) is 49.3 Å². The van der Waals surface area contributed by atoms with Gasteiger partial charge in [0.25, 0.3) is 0 Å². The maximum atomic E-state index is 12.7. The van der Waals surface area contributed by atoms with E-state index in [1.54, 1.807) is 0 Å². The third-order valence-corrected chi connectivity index (χ3v) is 14.7. The van der Waals surface area contributed by atoms with Gasteiger partial charge in [-0.2, -0.15) is 0 Å². The Hall–Kier alpha value is -2.03. The van der Waals surface area contributed by atoms with Crippen LogP contribution in [0.4, 0.5) is 0 Å². The highest BCUT2D eigenvalue weighted by Gasteiger charge is 2.26. The van der Waals surface area contributed by atoms with Crippen LogP contribution in [0.1, 0.15) is 309 Å². The van der Waals surface area contributed by atoms with E-state index in [1.165, 1.54) is 205 Å². The van der Waals surface area contributed by atoms with E-state index in [-0.39, 0.29) is 38.6 Å². The molecule has 0 amide bonds. The Morgan fingerprint density at radius 1 is 0.411 bits per heavy atom. The van der Waals surface area contributed by atoms with Crippen molar-refractivity contribution in [1.29, 1.82) is 0 Å². The SMILES string of the molecule is CCCCC/C=C\C/C=C\C/C=C\CCCCCCCCC(=O)OC(COC(=O)CCCCCCCCCCCCCCCCCCCCCCC/C=C\CCCCCCCCCC)COP(=O)(O)OCCN. The molecule has 0 radical (unpaired) electrons. The standard InChI is InChI=1S/C63H118NO8P/c1-3-5-7-9-11-13-15-17-19-21-23-24-25-26-27-28-29-30-31-32-33-34-35-36-38-39-41-43-45-47-49-51-53-55-62(65)69-59-61(60-71-73(67,68)70-58-57-64)72-63(66)56-54-52-50-48-46-44-42-40-37-22-20-18-16-14-12-10-8-6-4-2/h12,14,18,20-21,23,37,40,61H,3-11,13,15-17,19,22,24-36,38-39,41-60,64H2,1-2H3,(H,67,68)/b14-12-,20-18-,23-21-,40-37-. The van der Waals surface area contributed by atoms with Gasteiger partial charge in [0.15, 0.2) is 6.10 Å². The summed E-state index contributed by atoms with van der Waals surface area (Å²) in [6, 6.07) is 0. The molecule has 0 bridgehead atoms. The van der Waals surface area contributed by atoms with Crippen LogP contribution in [0.25, 0.3) is 0 Å². The summed E-state index contributed by atoms with van der Waals surface area (Å²) in [6.07, 6.45) is 73.3. The molecule has 10 heteroatoms. The summed E-state index contributed by atoms with van der Waals surface area (Å²) < 4.78 is 33.0. The van der Waals surface area contributed by atoms with Crippen LogP contribution in [0.3, 0.4) is 0 Å². The van der Waals surface area contributed by atoms with Crippen molar-refractivity contribution in [2.24, 2.45) is 5.73 Å². The quantitative estimate of drug-likeness (QED) is 0.0264. The Labute approximate surface area is 451 Å². The third kappa shape index (κ3) is 59.1. The first kappa shape index (κ1) is 71.0. The lowest BCUT2D eigenvalue weighted by molar-refractivity contribution is -0.161. The molecule has 0 aromatic rings. The van der Waals surface area contributed by atoms with E-state index in [4.69, 9.17) is 24.3 Å². The average Bonchev–Trinajstić information content (AvgIpc) is 3.38. The summed E-state index contributed by atoms with van der Waals surface area (Å²) in [6.45, 7) is 3.74. The van der Waals surface area contributed by atoms with E-state index in [9.17, 15) is 19.0 Å². The van der Waals surface area contributed by atoms with E-state index in [0.717, 1.165) is 70.6 Å². The van der Waals surface area contributed by atoms with Gasteiger partial charge in [-0.3, -0.25) is 18.6 Å². The minimum atomic E-state index is -4.39. The predicted molar refractivity (Wildman–Crippen MR) is 312 cm³/mol. The van der Waals surface area contributed by atoms with Gasteiger partial charge in [-0.15, -0.1) is 0 Å². The monoisotopic (exact) mass is 1050 g/mol. The number of hydrogen-bond donors (Lipinski definition) is 2. The highest BCUT2D eigenvalue weighted by atomic mass is 31.2. The largest absolute Gasteiger partial charge is 0.472 e. The fourth-order valence-electron chi connectivity index (χ4n) is 9.05. The van der Waals surface area contributed by atoms with Crippen molar-refractivity contribution in [2.75, 3.05) is 26.4 Å². The van der Waals surface area contributed by atoms with Crippen molar-refractivity contribution in [2.45, 2.75) is 315 Å². The number of rotatable bonds is 59. The second-order valence-electron chi connectivity index (χ2n) is 20.9. The summed E-state index contributed by atoms with van der Waals surface area (Å²) in [5, 5.41) is 0. The molecule has 428 valence electrons. The first-order valence-corrected chi connectivity index (χ1v) is 32.6. The number of carbonyl (C=O) groups excluding carboxylic acids is 2. The molecule has 0 spiro atoms. The van der Waals surface area contributed by atoms with Crippen molar-refractivity contribution in [1.82, 2.24) is 0 Å². The fraction of sp³-hybridized carbons (Fsp3) is 0.841. The van der Waals surface area contributed by atoms with Crippen molar-refractivity contribution >= 4 is 19.8 Å². The highest BCUT2D eigenvalue weighted by molar-refractivity contribution is 7.47. The molecule has 0 aliphatic carbocycles. The highest BCUT2D eigenvalue weighted by Crippen LogP contribution is 2.43. The van der Waals surface area contributed by atoms with Gasteiger partial charge >= 0.3 is 19.8 Å². The lowest BCUT2D eigenvalue weighted by Crippen LogP contribution is -2.29. The van der Waals surface area contributed by atoms with Gasteiger partial charge in [0.1, 0.15) is 6.61 Å². The van der Waals surface area contributed by atoms with Crippen molar-refractivity contribution in [3.63, 3.8) is 0 Å². The minimum Gasteiger partial charge on any atom is -0.462 e. The van der Waals surface area contributed by atoms with E-state index in [0.29, 0.717) is 6.42 Å². The zero-order valence-corrected chi connectivity index (χ0v) is 48.8. The molecule has 0 aliphatic rings. The second kappa shape index (κ2) is 59.2. The number of esters is 2. The van der Waals surface area contributed by atoms with Crippen LogP contribution in [0.15, 0.2) is 48.6 Å². The normalized spacial score (nSPS) is 13.3. The van der Waals surface area contributed by atoms with Crippen LogP contribution < -0.4 is 5.73 Å². The number of unbranched alkanes of at least 4 members (excludes halogenated alkanes) is 38. The number of nitrogens with two attached hydrogens (primary N) is 1. The van der Waals surface area contributed by atoms with E-state index in [2.05, 4.69) is 62.5 Å². The topological polar surface area (TPSA) is 134 Å². The number of carbonyl (C=O) groups is 2. The Morgan fingerprint density at radius 2 is 0.712 bits per heavy atom. The summed E-state index contributed by atoms with van der Waals surface area (Å²) in [5.41, 5.74) is 5.38. The lowest BCUT2D eigenvalue weighted by atomic mass is 10.0. The van der Waals surface area contributed by atoms with E-state index in [1.807, 2.05) is 0 Å². The zero-order chi connectivity index (χ0) is 53.1. The van der Waals surface area contributed by atoms with Crippen molar-refractivity contribution in [3.05, 3.63) is 48.6 Å². The molecule has 0 aromatic carbocycles. The van der Waals surface area contributed by atoms with Gasteiger partial charge in [0.2, 0.25) is 0 Å². The van der Waals surface area contributed by atoms with Crippen LogP contribution in [-0.2, 0) is 32.7 Å². The molecule has 0 aliphatic heterocycles. The molecule has 0 aromatic heterocycles. The molecule has 73 heavy (non-hydrogen) atoms. The van der Waals surface area contributed by atoms with E-state index < -0.39 is 26.5 Å². The molecular weight excluding hydrogens is 930 g/mol. The Balaban J connectivity index is 3.86. The second-order valence-corrected chi connectivity index (χ2v) is 22.4. The van der Waals surface area contributed by atoms with Gasteiger partial charge in [-0.05, 0) is 77.0 Å². The Bertz CT molecular complexity index is 1330. The summed E-state index contributed by atoms with van der Waals surface area (Å²) in [4.78, 5) is 35.2. The molecule has 0 heterocycles. The van der Waals surface area contributed by atoms with Crippen molar-refractivity contribution in [3.8, 4) is 0 Å². The number of hydrogen-bond acceptors (Lipinski definition) is 8. The van der Waals surface area contributed by atoms with Gasteiger partial charge in [0.05, 0.1) is 13.2 Å². The average molecular weight is 1050 g/mol. The molecule has 2 atom stereocenters. The molecule has 0 fully saturated rings. The molecular formula is C63H118NO8P. The van der Waals surface area contributed by atoms with Crippen LogP contribution in [0.5, 0.6) is 0 Å². The summed E-state index contributed by atoms with van der Waals surface area (Å²) in [5.74, 6) is -0.830. The Kier molecular flexibility index (Phi) is 57.6. The van der Waals surface area contributed by atoms with Gasteiger partial charge < -0.3 is 20.1 Å². The molecule has 9 nitrogen and oxygen atoms in total. The third-order valence-electron chi connectivity index (χ3n) is 13.7. The van der Waals surface area contributed by atoms with Crippen LogP contribution >= 0.6 is 7.82 Å². The van der Waals surface area contributed by atoms with E-state index >= 15 is 0 Å². The number of allylic oxidation sites excluding steroid dienone is 8.